The van der Waals surface area contributed by atoms with Crippen LogP contribution in [-0.4, -0.2) is 42.9 Å². The first-order chi connectivity index (χ1) is 8.16. The molecule has 0 radical (unpaired) electrons. The van der Waals surface area contributed by atoms with Crippen LogP contribution in [0.4, 0.5) is 11.9 Å². The Morgan fingerprint density at radius 1 is 1.35 bits per heavy atom. The topological polar surface area (TPSA) is 61.2 Å². The third-order valence-electron chi connectivity index (χ3n) is 2.54. The van der Waals surface area contributed by atoms with Gasteiger partial charge < -0.3 is 14.2 Å². The lowest BCUT2D eigenvalue weighted by molar-refractivity contribution is 0.563. The first-order valence-electron chi connectivity index (χ1n) is 5.49. The number of nitrogens with zero attached hydrogens (tertiary/aromatic N) is 4. The Morgan fingerprint density at radius 2 is 2.18 bits per heavy atom. The Kier molecular flexibility index (Phi) is 3.32. The number of nitrogens with one attached hydrogen (secondary N) is 1. The van der Waals surface area contributed by atoms with Crippen molar-refractivity contribution in [1.82, 2.24) is 15.2 Å². The van der Waals surface area contributed by atoms with Crippen LogP contribution in [0.5, 0.6) is 0 Å². The zero-order chi connectivity index (χ0) is 12.3. The fourth-order valence-electron chi connectivity index (χ4n) is 1.45. The van der Waals surface area contributed by atoms with Gasteiger partial charge in [-0.3, -0.25) is 0 Å². The third-order valence-corrected chi connectivity index (χ3v) is 2.54. The number of rotatable bonds is 5. The standard InChI is InChI=1S/C11H17N5O/c1-15(2)10-12-11(14-13-10)16(3)6-4-9-5-7-17-8-9/h5,7-8H,4,6H2,1-3H3,(H,12,13,14). The predicted molar refractivity (Wildman–Crippen MR) is 66.4 cm³/mol. The molecule has 0 bridgehead atoms. The van der Waals surface area contributed by atoms with E-state index in [4.69, 9.17) is 4.42 Å². The average molecular weight is 235 g/mol. The average Bonchev–Trinajstić information content (AvgIpc) is 2.96. The predicted octanol–water partition coefficient (Wildman–Crippen LogP) is 1.14. The van der Waals surface area contributed by atoms with E-state index >= 15 is 0 Å². The molecular formula is C11H17N5O. The van der Waals surface area contributed by atoms with E-state index in [2.05, 4.69) is 15.2 Å². The molecule has 1 N–H and O–H groups in total. The van der Waals surface area contributed by atoms with Crippen molar-refractivity contribution in [2.75, 3.05) is 37.5 Å². The minimum atomic E-state index is 0.690. The van der Waals surface area contributed by atoms with Crippen molar-refractivity contribution in [3.05, 3.63) is 24.2 Å². The molecule has 2 heterocycles. The maximum absolute atomic E-state index is 5.03. The van der Waals surface area contributed by atoms with E-state index in [-0.39, 0.29) is 0 Å². The van der Waals surface area contributed by atoms with Crippen molar-refractivity contribution in [3.63, 3.8) is 0 Å². The minimum Gasteiger partial charge on any atom is -0.472 e. The maximum atomic E-state index is 5.03. The van der Waals surface area contributed by atoms with Gasteiger partial charge in [0.15, 0.2) is 0 Å². The molecule has 92 valence electrons. The van der Waals surface area contributed by atoms with E-state index in [0.29, 0.717) is 5.95 Å². The SMILES string of the molecule is CN(C)c1n[nH]c(N(C)CCc2ccoc2)n1. The molecule has 0 aliphatic rings. The molecule has 0 unspecified atom stereocenters. The fraction of sp³-hybridized carbons (Fsp3) is 0.455. The molecule has 6 nitrogen and oxygen atoms in total. The number of anilines is 2. The van der Waals surface area contributed by atoms with E-state index in [1.165, 1.54) is 5.56 Å². The van der Waals surface area contributed by atoms with Crippen molar-refractivity contribution in [2.45, 2.75) is 6.42 Å². The van der Waals surface area contributed by atoms with Crippen molar-refractivity contribution in [1.29, 1.82) is 0 Å². The molecule has 2 aromatic rings. The van der Waals surface area contributed by atoms with Crippen LogP contribution in [0.3, 0.4) is 0 Å². The molecule has 6 heteroatoms. The Hall–Kier alpha value is -1.98. The Balaban J connectivity index is 1.92. The van der Waals surface area contributed by atoms with Gasteiger partial charge in [-0.2, -0.15) is 4.98 Å². The third kappa shape index (κ3) is 2.77. The summed E-state index contributed by atoms with van der Waals surface area (Å²) in [5.41, 5.74) is 1.18. The minimum absolute atomic E-state index is 0.690. The second-order valence-electron chi connectivity index (χ2n) is 4.16. The van der Waals surface area contributed by atoms with E-state index < -0.39 is 0 Å². The van der Waals surface area contributed by atoms with Gasteiger partial charge in [0.1, 0.15) is 0 Å². The van der Waals surface area contributed by atoms with Gasteiger partial charge in [-0.25, -0.2) is 5.10 Å². The van der Waals surface area contributed by atoms with Crippen LogP contribution in [0, 0.1) is 0 Å². The van der Waals surface area contributed by atoms with E-state index in [0.717, 1.165) is 18.9 Å². The monoisotopic (exact) mass is 235 g/mol. The van der Waals surface area contributed by atoms with Gasteiger partial charge in [-0.15, -0.1) is 5.10 Å². The van der Waals surface area contributed by atoms with Gasteiger partial charge in [0, 0.05) is 27.7 Å². The van der Waals surface area contributed by atoms with Gasteiger partial charge in [0.05, 0.1) is 12.5 Å². The van der Waals surface area contributed by atoms with E-state index in [9.17, 15) is 0 Å². The summed E-state index contributed by atoms with van der Waals surface area (Å²) in [5.74, 6) is 1.47. The quantitative estimate of drug-likeness (QED) is 0.842. The zero-order valence-corrected chi connectivity index (χ0v) is 10.3. The second kappa shape index (κ2) is 4.90. The lowest BCUT2D eigenvalue weighted by atomic mass is 10.2. The van der Waals surface area contributed by atoms with Crippen molar-refractivity contribution < 1.29 is 4.42 Å². The number of likely N-dealkylation sites (N-methyl/N-ethyl adjacent to an activating group) is 1. The summed E-state index contributed by atoms with van der Waals surface area (Å²) >= 11 is 0. The van der Waals surface area contributed by atoms with Crippen molar-refractivity contribution >= 4 is 11.9 Å². The van der Waals surface area contributed by atoms with Gasteiger partial charge in [-0.1, -0.05) is 0 Å². The van der Waals surface area contributed by atoms with Crippen molar-refractivity contribution in [2.24, 2.45) is 0 Å². The summed E-state index contributed by atoms with van der Waals surface area (Å²) in [6, 6.07) is 1.97. The number of hydrogen-bond donors (Lipinski definition) is 1. The smallest absolute Gasteiger partial charge is 0.245 e. The highest BCUT2D eigenvalue weighted by molar-refractivity contribution is 5.36. The van der Waals surface area contributed by atoms with Crippen LogP contribution in [-0.2, 0) is 6.42 Å². The maximum Gasteiger partial charge on any atom is 0.245 e. The number of H-pyrrole nitrogens is 1. The second-order valence-corrected chi connectivity index (χ2v) is 4.16. The largest absolute Gasteiger partial charge is 0.472 e. The number of furan rings is 1. The molecule has 0 aromatic carbocycles. The lowest BCUT2D eigenvalue weighted by Crippen LogP contribution is -2.21. The molecule has 0 amide bonds. The highest BCUT2D eigenvalue weighted by atomic mass is 16.3. The van der Waals surface area contributed by atoms with Crippen LogP contribution >= 0.6 is 0 Å². The Labute approximate surface area is 100 Å². The van der Waals surface area contributed by atoms with Crippen LogP contribution in [0.25, 0.3) is 0 Å². The van der Waals surface area contributed by atoms with E-state index in [1.807, 2.05) is 37.0 Å². The van der Waals surface area contributed by atoms with E-state index in [1.54, 1.807) is 12.5 Å². The highest BCUT2D eigenvalue weighted by Crippen LogP contribution is 2.10. The summed E-state index contributed by atoms with van der Waals surface area (Å²) in [6.07, 6.45) is 4.37. The zero-order valence-electron chi connectivity index (χ0n) is 10.3. The summed E-state index contributed by atoms with van der Waals surface area (Å²) in [6.45, 7) is 0.863. The summed E-state index contributed by atoms with van der Waals surface area (Å²) in [7, 11) is 5.82. The van der Waals surface area contributed by atoms with Gasteiger partial charge in [0.2, 0.25) is 11.9 Å². The normalized spacial score (nSPS) is 10.5. The molecular weight excluding hydrogens is 218 g/mol. The molecule has 2 aromatic heterocycles. The van der Waals surface area contributed by atoms with Crippen LogP contribution < -0.4 is 9.80 Å². The summed E-state index contributed by atoms with van der Waals surface area (Å²) in [4.78, 5) is 8.27. The van der Waals surface area contributed by atoms with Crippen LogP contribution in [0.1, 0.15) is 5.56 Å². The first-order valence-corrected chi connectivity index (χ1v) is 5.49. The fourth-order valence-corrected chi connectivity index (χ4v) is 1.45. The lowest BCUT2D eigenvalue weighted by Gasteiger charge is -2.14. The molecule has 2 rings (SSSR count). The molecule has 0 fully saturated rings. The molecule has 0 spiro atoms. The van der Waals surface area contributed by atoms with Crippen molar-refractivity contribution in [3.8, 4) is 0 Å². The first kappa shape index (κ1) is 11.5. The number of aromatic nitrogens is 3. The number of aromatic amines is 1. The summed E-state index contributed by atoms with van der Waals surface area (Å²) in [5, 5.41) is 7.03. The van der Waals surface area contributed by atoms with Gasteiger partial charge >= 0.3 is 0 Å². The molecule has 0 aliphatic carbocycles. The molecule has 17 heavy (non-hydrogen) atoms. The molecule has 0 atom stereocenters. The molecule has 0 aliphatic heterocycles. The van der Waals surface area contributed by atoms with Crippen LogP contribution in [0.2, 0.25) is 0 Å². The Bertz CT molecular complexity index is 448. The highest BCUT2D eigenvalue weighted by Gasteiger charge is 2.09. The number of hydrogen-bond acceptors (Lipinski definition) is 5. The summed E-state index contributed by atoms with van der Waals surface area (Å²) < 4.78 is 5.03. The van der Waals surface area contributed by atoms with Crippen LogP contribution in [0.15, 0.2) is 23.0 Å². The van der Waals surface area contributed by atoms with Gasteiger partial charge in [-0.05, 0) is 18.1 Å². The molecule has 0 saturated carbocycles. The van der Waals surface area contributed by atoms with Gasteiger partial charge in [0.25, 0.3) is 0 Å². The molecule has 0 saturated heterocycles. The Morgan fingerprint density at radius 3 is 2.76 bits per heavy atom.